The molecule has 57 heavy (non-hydrogen) atoms. The lowest BCUT2D eigenvalue weighted by Gasteiger charge is -2.32. The molecule has 3 heterocycles. The van der Waals surface area contributed by atoms with Gasteiger partial charge in [-0.1, -0.05) is 55.1 Å². The van der Waals surface area contributed by atoms with Gasteiger partial charge in [0.25, 0.3) is 11.8 Å². The Morgan fingerprint density at radius 3 is 1.89 bits per heavy atom. The minimum atomic E-state index is -1.50. The smallest absolute Gasteiger partial charge is 0.423 e. The molecule has 1 atom stereocenters. The molecule has 6 aromatic rings. The first-order chi connectivity index (χ1) is 27.5. The number of hydrogen-bond acceptors (Lipinski definition) is 9. The Morgan fingerprint density at radius 2 is 1.37 bits per heavy atom. The minimum absolute atomic E-state index is 0.0517. The van der Waals surface area contributed by atoms with E-state index in [9.17, 15) is 23.2 Å². The van der Waals surface area contributed by atoms with Crippen molar-refractivity contribution in [2.75, 3.05) is 18.8 Å². The van der Waals surface area contributed by atoms with Crippen molar-refractivity contribution in [3.63, 3.8) is 0 Å². The fourth-order valence-electron chi connectivity index (χ4n) is 6.30. The van der Waals surface area contributed by atoms with Crippen molar-refractivity contribution in [1.82, 2.24) is 35.3 Å². The first kappa shape index (κ1) is 39.9. The first-order valence-corrected chi connectivity index (χ1v) is 18.0. The number of nitrogens with one attached hydrogen (secondary N) is 2. The van der Waals surface area contributed by atoms with Crippen molar-refractivity contribution in [2.24, 2.45) is 0 Å². The maximum absolute atomic E-state index is 13.1. The van der Waals surface area contributed by atoms with E-state index in [1.54, 1.807) is 29.2 Å². The van der Waals surface area contributed by atoms with Crippen LogP contribution in [0.25, 0.3) is 22.3 Å². The van der Waals surface area contributed by atoms with Gasteiger partial charge in [0, 0.05) is 42.9 Å². The zero-order valence-electron chi connectivity index (χ0n) is 30.7. The average molecular weight is 773 g/mol. The number of nitrogens with two attached hydrogens (primary N) is 1. The number of amides is 3. The van der Waals surface area contributed by atoms with Gasteiger partial charge in [0.1, 0.15) is 29.5 Å². The van der Waals surface area contributed by atoms with E-state index in [0.29, 0.717) is 65.3 Å². The highest BCUT2D eigenvalue weighted by molar-refractivity contribution is 6.58. The van der Waals surface area contributed by atoms with Gasteiger partial charge in [0.05, 0.1) is 11.4 Å². The molecule has 1 aliphatic rings. The standard InChI is InChI=1S/C27H26FN7O2.C14H13BFNO3/c1-2-22(36)34-13-3-4-21(15-34)35-26-23(25(29)31-16-32-26)24(33-35)18-7-5-17(6-8-18)14-30-27(37)19-9-11-20(28)12-10-19;16-13-7-3-11(4-8-13)14(18)17-9-10-1-5-12(6-2-10)15(19)20/h2,5-12,16,21H,1,3-4,13-15H2,(H,30,37)(H2,29,31,32);1-8,19-20H,9H2,(H,17,18)/t21-;/m1./s1. The number of likely N-dealkylation sites (tertiary alicyclic amines) is 1. The lowest BCUT2D eigenvalue weighted by Crippen LogP contribution is -2.40. The molecule has 1 saturated heterocycles. The van der Waals surface area contributed by atoms with Crippen LogP contribution >= 0.6 is 0 Å². The number of nitrogen functional groups attached to an aromatic ring is 1. The molecule has 0 spiro atoms. The van der Waals surface area contributed by atoms with Gasteiger partial charge in [0.2, 0.25) is 5.91 Å². The number of nitrogens with zero attached hydrogens (tertiary/aromatic N) is 5. The second kappa shape index (κ2) is 18.2. The molecule has 3 amide bonds. The molecule has 6 N–H and O–H groups in total. The molecule has 2 aromatic heterocycles. The van der Waals surface area contributed by atoms with E-state index in [-0.39, 0.29) is 35.4 Å². The molecule has 1 fully saturated rings. The van der Waals surface area contributed by atoms with E-state index in [4.69, 9.17) is 20.9 Å². The molecule has 0 unspecified atom stereocenters. The first-order valence-electron chi connectivity index (χ1n) is 18.0. The van der Waals surface area contributed by atoms with E-state index in [1.165, 1.54) is 60.9 Å². The van der Waals surface area contributed by atoms with E-state index in [0.717, 1.165) is 29.5 Å². The topological polar surface area (TPSA) is 189 Å². The molecule has 4 aromatic carbocycles. The summed E-state index contributed by atoms with van der Waals surface area (Å²) in [4.78, 5) is 46.7. The molecule has 290 valence electrons. The van der Waals surface area contributed by atoms with Crippen LogP contribution in [0, 0.1) is 11.6 Å². The van der Waals surface area contributed by atoms with Crippen molar-refractivity contribution in [3.8, 4) is 11.3 Å². The third kappa shape index (κ3) is 9.91. The Hall–Kier alpha value is -6.78. The van der Waals surface area contributed by atoms with Crippen LogP contribution in [0.1, 0.15) is 50.7 Å². The van der Waals surface area contributed by atoms with Crippen LogP contribution in [0.5, 0.6) is 0 Å². The number of piperidine rings is 1. The number of carbonyl (C=O) groups is 3. The summed E-state index contributed by atoms with van der Waals surface area (Å²) in [5, 5.41) is 29.0. The fourth-order valence-corrected chi connectivity index (χ4v) is 6.30. The Balaban J connectivity index is 0.000000232. The highest BCUT2D eigenvalue weighted by Gasteiger charge is 2.28. The summed E-state index contributed by atoms with van der Waals surface area (Å²) in [5.41, 5.74) is 11.2. The van der Waals surface area contributed by atoms with Gasteiger partial charge < -0.3 is 31.3 Å². The lowest BCUT2D eigenvalue weighted by atomic mass is 9.80. The fraction of sp³-hybridized carbons (Fsp3) is 0.171. The molecule has 16 heteroatoms. The van der Waals surface area contributed by atoms with Gasteiger partial charge in [-0.2, -0.15) is 5.10 Å². The number of benzene rings is 4. The van der Waals surface area contributed by atoms with Gasteiger partial charge in [-0.05, 0) is 84.0 Å². The van der Waals surface area contributed by atoms with Gasteiger partial charge in [0.15, 0.2) is 5.65 Å². The molecule has 13 nitrogen and oxygen atoms in total. The van der Waals surface area contributed by atoms with Crippen LogP contribution in [-0.4, -0.2) is 72.6 Å². The Labute approximate surface area is 327 Å². The number of carbonyl (C=O) groups excluding carboxylic acids is 3. The molecule has 0 aliphatic carbocycles. The minimum Gasteiger partial charge on any atom is -0.423 e. The normalized spacial score (nSPS) is 13.6. The number of aromatic nitrogens is 4. The summed E-state index contributed by atoms with van der Waals surface area (Å²) in [5.74, 6) is -1.13. The van der Waals surface area contributed by atoms with Gasteiger partial charge >= 0.3 is 7.12 Å². The third-order valence-corrected chi connectivity index (χ3v) is 9.37. The zero-order chi connectivity index (χ0) is 40.5. The maximum Gasteiger partial charge on any atom is 0.488 e. The van der Waals surface area contributed by atoms with Crippen molar-refractivity contribution in [3.05, 3.63) is 150 Å². The molecular formula is C41H39BF2N8O5. The number of anilines is 1. The maximum atomic E-state index is 13.1. The largest absolute Gasteiger partial charge is 0.488 e. The van der Waals surface area contributed by atoms with Gasteiger partial charge in [-0.15, -0.1) is 0 Å². The Morgan fingerprint density at radius 1 is 0.825 bits per heavy atom. The van der Waals surface area contributed by atoms with Crippen LogP contribution in [-0.2, 0) is 17.9 Å². The predicted molar refractivity (Wildman–Crippen MR) is 212 cm³/mol. The van der Waals surface area contributed by atoms with Crippen molar-refractivity contribution in [2.45, 2.75) is 32.0 Å². The summed E-state index contributed by atoms with van der Waals surface area (Å²) < 4.78 is 27.7. The second-order valence-corrected chi connectivity index (χ2v) is 13.2. The molecule has 7 rings (SSSR count). The van der Waals surface area contributed by atoms with Crippen LogP contribution in [0.2, 0.25) is 0 Å². The summed E-state index contributed by atoms with van der Waals surface area (Å²) >= 11 is 0. The third-order valence-electron chi connectivity index (χ3n) is 9.37. The van der Waals surface area contributed by atoms with E-state index in [1.807, 2.05) is 28.9 Å². The molecule has 0 bridgehead atoms. The number of hydrogen-bond donors (Lipinski definition) is 5. The van der Waals surface area contributed by atoms with Crippen molar-refractivity contribution in [1.29, 1.82) is 0 Å². The van der Waals surface area contributed by atoms with Gasteiger partial charge in [-0.25, -0.2) is 23.4 Å². The van der Waals surface area contributed by atoms with Crippen molar-refractivity contribution >= 4 is 47.2 Å². The summed E-state index contributed by atoms with van der Waals surface area (Å²) in [7, 11) is -1.50. The monoisotopic (exact) mass is 772 g/mol. The number of rotatable bonds is 10. The average Bonchev–Trinajstić information content (AvgIpc) is 3.64. The molecular weight excluding hydrogens is 733 g/mol. The lowest BCUT2D eigenvalue weighted by molar-refractivity contribution is -0.127. The highest BCUT2D eigenvalue weighted by Crippen LogP contribution is 2.34. The van der Waals surface area contributed by atoms with Gasteiger partial charge in [-0.3, -0.25) is 14.4 Å². The molecule has 1 aliphatic heterocycles. The number of fused-ring (bicyclic) bond motifs is 1. The van der Waals surface area contributed by atoms with E-state index < -0.39 is 7.12 Å². The quantitative estimate of drug-likeness (QED) is 0.102. The summed E-state index contributed by atoms with van der Waals surface area (Å²) in [6, 6.07) is 24.8. The summed E-state index contributed by atoms with van der Waals surface area (Å²) in [6.07, 6.45) is 4.45. The summed E-state index contributed by atoms with van der Waals surface area (Å²) in [6.45, 7) is 5.41. The predicted octanol–water partition coefficient (Wildman–Crippen LogP) is 3.93. The van der Waals surface area contributed by atoms with Crippen LogP contribution in [0.15, 0.2) is 116 Å². The highest BCUT2D eigenvalue weighted by atomic mass is 19.1. The Kier molecular flexibility index (Phi) is 12.8. The van der Waals surface area contributed by atoms with Crippen LogP contribution in [0.3, 0.4) is 0 Å². The SMILES string of the molecule is C=CC(=O)N1CCC[C@@H](n2nc(-c3ccc(CNC(=O)c4ccc(F)cc4)cc3)c3c(N)ncnc32)C1.O=C(NCc1ccc(B(O)O)cc1)c1ccc(F)cc1. The Bertz CT molecular complexity index is 2360. The zero-order valence-corrected chi connectivity index (χ0v) is 30.7. The van der Waals surface area contributed by atoms with Crippen LogP contribution < -0.4 is 21.8 Å². The van der Waals surface area contributed by atoms with Crippen molar-refractivity contribution < 1.29 is 33.2 Å². The van der Waals surface area contributed by atoms with E-state index in [2.05, 4.69) is 27.2 Å². The second-order valence-electron chi connectivity index (χ2n) is 13.2. The van der Waals surface area contributed by atoms with Crippen LogP contribution in [0.4, 0.5) is 14.6 Å². The molecule has 0 radical (unpaired) electrons. The van der Waals surface area contributed by atoms with E-state index >= 15 is 0 Å². The molecule has 0 saturated carbocycles. The number of halogens is 2.